The van der Waals surface area contributed by atoms with E-state index in [0.717, 1.165) is 38.1 Å². The fraction of sp³-hybridized carbons (Fsp3) is 0.182. The molecule has 7 heteroatoms. The van der Waals surface area contributed by atoms with E-state index < -0.39 is 0 Å². The summed E-state index contributed by atoms with van der Waals surface area (Å²) in [7, 11) is 0. The molecule has 0 aliphatic rings. The molecule has 148 valence electrons. The van der Waals surface area contributed by atoms with Crippen molar-refractivity contribution in [2.45, 2.75) is 0 Å². The van der Waals surface area contributed by atoms with Crippen LogP contribution in [-0.4, -0.2) is 46.0 Å². The number of hydrogen-bond donors (Lipinski definition) is 2. The van der Waals surface area contributed by atoms with E-state index in [0.29, 0.717) is 19.8 Å². The lowest BCUT2D eigenvalue weighted by Gasteiger charge is -2.09. The molecule has 29 heavy (non-hydrogen) atoms. The Morgan fingerprint density at radius 2 is 1.79 bits per heavy atom. The van der Waals surface area contributed by atoms with Crippen LogP contribution in [-0.2, 0) is 4.74 Å². The zero-order chi connectivity index (χ0) is 20.1. The highest BCUT2D eigenvalue weighted by atomic mass is 79.9. The molecular formula is C22H21BrN4O2. The molecule has 0 fully saturated rings. The van der Waals surface area contributed by atoms with E-state index in [-0.39, 0.29) is 6.61 Å². The number of aromatic nitrogens is 3. The third-order valence-corrected chi connectivity index (χ3v) is 5.08. The summed E-state index contributed by atoms with van der Waals surface area (Å²) in [5.41, 5.74) is 4.02. The van der Waals surface area contributed by atoms with Crippen molar-refractivity contribution in [1.29, 1.82) is 0 Å². The van der Waals surface area contributed by atoms with Gasteiger partial charge in [0.15, 0.2) is 5.65 Å². The number of halogens is 1. The molecule has 0 bridgehead atoms. The van der Waals surface area contributed by atoms with Crippen molar-refractivity contribution in [3.8, 4) is 16.8 Å². The van der Waals surface area contributed by atoms with Gasteiger partial charge in [-0.2, -0.15) is 0 Å². The van der Waals surface area contributed by atoms with Crippen molar-refractivity contribution >= 4 is 32.8 Å². The summed E-state index contributed by atoms with van der Waals surface area (Å²) < 4.78 is 8.46. The van der Waals surface area contributed by atoms with Crippen LogP contribution in [0.1, 0.15) is 0 Å². The Labute approximate surface area is 177 Å². The summed E-state index contributed by atoms with van der Waals surface area (Å²) in [5.74, 6) is 0.761. The van der Waals surface area contributed by atoms with Crippen molar-refractivity contribution in [3.05, 3.63) is 71.6 Å². The summed E-state index contributed by atoms with van der Waals surface area (Å²) in [6.07, 6.45) is 3.68. The Balaban J connectivity index is 1.79. The first-order valence-electron chi connectivity index (χ1n) is 9.38. The predicted molar refractivity (Wildman–Crippen MR) is 118 cm³/mol. The third kappa shape index (κ3) is 4.32. The number of benzene rings is 2. The van der Waals surface area contributed by atoms with Crippen molar-refractivity contribution in [2.75, 3.05) is 31.7 Å². The molecule has 4 rings (SSSR count). The number of aliphatic hydroxyl groups is 1. The molecule has 0 amide bonds. The fourth-order valence-corrected chi connectivity index (χ4v) is 3.50. The van der Waals surface area contributed by atoms with Gasteiger partial charge in [-0.05, 0) is 29.8 Å². The number of rotatable bonds is 8. The highest BCUT2D eigenvalue weighted by Crippen LogP contribution is 2.35. The van der Waals surface area contributed by atoms with Gasteiger partial charge >= 0.3 is 0 Å². The SMILES string of the molecule is OCCOCCNc1ncnc2c1c(-c1ccccc1)cn2-c1ccc(Br)cc1. The van der Waals surface area contributed by atoms with Gasteiger partial charge in [0, 0.05) is 28.5 Å². The number of nitrogens with zero attached hydrogens (tertiary/aromatic N) is 3. The summed E-state index contributed by atoms with van der Waals surface area (Å²) >= 11 is 3.50. The monoisotopic (exact) mass is 452 g/mol. The number of fused-ring (bicyclic) bond motifs is 1. The van der Waals surface area contributed by atoms with Crippen molar-refractivity contribution in [3.63, 3.8) is 0 Å². The second-order valence-corrected chi connectivity index (χ2v) is 7.35. The molecule has 4 aromatic rings. The number of anilines is 1. The lowest BCUT2D eigenvalue weighted by molar-refractivity contribution is 0.0992. The van der Waals surface area contributed by atoms with E-state index in [1.54, 1.807) is 6.33 Å². The Kier molecular flexibility index (Phi) is 6.19. The lowest BCUT2D eigenvalue weighted by atomic mass is 10.1. The van der Waals surface area contributed by atoms with Crippen LogP contribution in [0.25, 0.3) is 27.8 Å². The summed E-state index contributed by atoms with van der Waals surface area (Å²) in [4.78, 5) is 9.06. The molecule has 0 saturated carbocycles. The van der Waals surface area contributed by atoms with Crippen LogP contribution in [0, 0.1) is 0 Å². The number of ether oxygens (including phenoxy) is 1. The average Bonchev–Trinajstić information content (AvgIpc) is 3.15. The normalized spacial score (nSPS) is 11.1. The summed E-state index contributed by atoms with van der Waals surface area (Å²) in [6, 6.07) is 18.4. The van der Waals surface area contributed by atoms with Crippen molar-refractivity contribution < 1.29 is 9.84 Å². The zero-order valence-electron chi connectivity index (χ0n) is 15.8. The van der Waals surface area contributed by atoms with Gasteiger partial charge in [-0.3, -0.25) is 0 Å². The van der Waals surface area contributed by atoms with E-state index in [2.05, 4.69) is 66.2 Å². The average molecular weight is 453 g/mol. The van der Waals surface area contributed by atoms with Crippen LogP contribution < -0.4 is 5.32 Å². The van der Waals surface area contributed by atoms with Crippen LogP contribution in [0.3, 0.4) is 0 Å². The predicted octanol–water partition coefficient (Wildman–Crippen LogP) is 4.27. The Morgan fingerprint density at radius 1 is 1.00 bits per heavy atom. The number of hydrogen-bond acceptors (Lipinski definition) is 5. The smallest absolute Gasteiger partial charge is 0.150 e. The fourth-order valence-electron chi connectivity index (χ4n) is 3.24. The first-order valence-corrected chi connectivity index (χ1v) is 10.2. The van der Waals surface area contributed by atoms with Gasteiger partial charge in [0.25, 0.3) is 0 Å². The topological polar surface area (TPSA) is 72.2 Å². The van der Waals surface area contributed by atoms with Gasteiger partial charge in [-0.25, -0.2) is 9.97 Å². The second kappa shape index (κ2) is 9.17. The molecule has 0 saturated heterocycles. The first-order chi connectivity index (χ1) is 14.3. The minimum Gasteiger partial charge on any atom is -0.394 e. The minimum absolute atomic E-state index is 0.0198. The van der Waals surface area contributed by atoms with Gasteiger partial charge in [-0.1, -0.05) is 46.3 Å². The van der Waals surface area contributed by atoms with Gasteiger partial charge in [0.05, 0.1) is 25.2 Å². The largest absolute Gasteiger partial charge is 0.394 e. The van der Waals surface area contributed by atoms with Gasteiger partial charge in [0.2, 0.25) is 0 Å². The molecule has 2 aromatic heterocycles. The second-order valence-electron chi connectivity index (χ2n) is 6.44. The highest BCUT2D eigenvalue weighted by molar-refractivity contribution is 9.10. The maximum absolute atomic E-state index is 8.84. The summed E-state index contributed by atoms with van der Waals surface area (Å²) in [5, 5.41) is 13.2. The first kappa shape index (κ1) is 19.6. The van der Waals surface area contributed by atoms with Crippen LogP contribution >= 0.6 is 15.9 Å². The molecule has 0 atom stereocenters. The molecule has 2 N–H and O–H groups in total. The molecule has 0 aliphatic carbocycles. The minimum atomic E-state index is 0.0198. The van der Waals surface area contributed by atoms with E-state index in [1.165, 1.54) is 0 Å². The van der Waals surface area contributed by atoms with Crippen molar-refractivity contribution in [1.82, 2.24) is 14.5 Å². The van der Waals surface area contributed by atoms with E-state index in [4.69, 9.17) is 9.84 Å². The molecule has 2 heterocycles. The standard InChI is InChI=1S/C22H21BrN4O2/c23-17-6-8-18(9-7-17)27-14-19(16-4-2-1-3-5-16)20-21(25-15-26-22(20)27)24-10-12-29-13-11-28/h1-9,14-15,28H,10-13H2,(H,24,25,26). The van der Waals surface area contributed by atoms with Crippen molar-refractivity contribution in [2.24, 2.45) is 0 Å². The quantitative estimate of drug-likeness (QED) is 0.390. The van der Waals surface area contributed by atoms with Crippen LogP contribution in [0.15, 0.2) is 71.6 Å². The lowest BCUT2D eigenvalue weighted by Crippen LogP contribution is -2.12. The van der Waals surface area contributed by atoms with Gasteiger partial charge in [-0.15, -0.1) is 0 Å². The molecule has 0 aliphatic heterocycles. The molecular weight excluding hydrogens is 432 g/mol. The maximum atomic E-state index is 8.84. The van der Waals surface area contributed by atoms with E-state index in [1.807, 2.05) is 30.3 Å². The van der Waals surface area contributed by atoms with Crippen LogP contribution in [0.4, 0.5) is 5.82 Å². The molecule has 0 unspecified atom stereocenters. The number of nitrogens with one attached hydrogen (secondary N) is 1. The number of aliphatic hydroxyl groups excluding tert-OH is 1. The Hall–Kier alpha value is -2.74. The highest BCUT2D eigenvalue weighted by Gasteiger charge is 2.17. The van der Waals surface area contributed by atoms with Crippen LogP contribution in [0.2, 0.25) is 0 Å². The Bertz CT molecular complexity index is 1080. The Morgan fingerprint density at radius 3 is 2.55 bits per heavy atom. The third-order valence-electron chi connectivity index (χ3n) is 4.55. The van der Waals surface area contributed by atoms with Crippen LogP contribution in [0.5, 0.6) is 0 Å². The van der Waals surface area contributed by atoms with E-state index in [9.17, 15) is 0 Å². The zero-order valence-corrected chi connectivity index (χ0v) is 17.3. The van der Waals surface area contributed by atoms with Gasteiger partial charge < -0.3 is 19.7 Å². The van der Waals surface area contributed by atoms with E-state index >= 15 is 0 Å². The summed E-state index contributed by atoms with van der Waals surface area (Å²) in [6.45, 7) is 1.42. The molecule has 2 aromatic carbocycles. The molecule has 6 nitrogen and oxygen atoms in total. The van der Waals surface area contributed by atoms with Gasteiger partial charge in [0.1, 0.15) is 12.1 Å². The molecule has 0 spiro atoms. The maximum Gasteiger partial charge on any atom is 0.150 e. The molecule has 0 radical (unpaired) electrons.